The van der Waals surface area contributed by atoms with E-state index in [4.69, 9.17) is 4.98 Å². The Labute approximate surface area is 124 Å². The molecule has 4 nitrogen and oxygen atoms in total. The van der Waals surface area contributed by atoms with Crippen LogP contribution in [0.1, 0.15) is 31.0 Å². The molecule has 0 amide bonds. The Morgan fingerprint density at radius 3 is 2.71 bits per heavy atom. The van der Waals surface area contributed by atoms with E-state index in [2.05, 4.69) is 42.5 Å². The van der Waals surface area contributed by atoms with Crippen LogP contribution in [-0.4, -0.2) is 21.8 Å². The Kier molecular flexibility index (Phi) is 3.71. The van der Waals surface area contributed by atoms with Crippen LogP contribution < -0.4 is 5.32 Å². The predicted octanol–water partition coefficient (Wildman–Crippen LogP) is 3.26. The van der Waals surface area contributed by atoms with Gasteiger partial charge in [0.1, 0.15) is 0 Å². The molecule has 21 heavy (non-hydrogen) atoms. The summed E-state index contributed by atoms with van der Waals surface area (Å²) in [6.07, 6.45) is 1.99. The van der Waals surface area contributed by atoms with Crippen molar-refractivity contribution in [3.05, 3.63) is 53.9 Å². The van der Waals surface area contributed by atoms with E-state index in [1.54, 1.807) is 0 Å². The van der Waals surface area contributed by atoms with Gasteiger partial charge in [-0.05, 0) is 31.2 Å². The largest absolute Gasteiger partial charge is 0.316 e. The minimum absolute atomic E-state index is 0.416. The molecule has 0 aliphatic heterocycles. The lowest BCUT2D eigenvalue weighted by Crippen LogP contribution is -2.11. The summed E-state index contributed by atoms with van der Waals surface area (Å²) >= 11 is 0. The SMILES string of the molecule is CNCc1cc2ccccc2nc1-n1ccc(C(C)C)n1. The lowest BCUT2D eigenvalue weighted by atomic mass is 10.1. The fraction of sp³-hybridized carbons (Fsp3) is 0.294. The quantitative estimate of drug-likeness (QED) is 0.797. The second-order valence-electron chi connectivity index (χ2n) is 5.53. The van der Waals surface area contributed by atoms with Crippen LogP contribution >= 0.6 is 0 Å². The van der Waals surface area contributed by atoms with E-state index < -0.39 is 0 Å². The zero-order chi connectivity index (χ0) is 14.8. The van der Waals surface area contributed by atoms with Gasteiger partial charge in [0.2, 0.25) is 0 Å². The van der Waals surface area contributed by atoms with Crippen LogP contribution in [0, 0.1) is 0 Å². The molecule has 3 aromatic rings. The molecule has 0 radical (unpaired) electrons. The van der Waals surface area contributed by atoms with Gasteiger partial charge in [0.25, 0.3) is 0 Å². The van der Waals surface area contributed by atoms with Crippen LogP contribution in [0.25, 0.3) is 16.7 Å². The Bertz CT molecular complexity index is 758. The summed E-state index contributed by atoms with van der Waals surface area (Å²) in [5, 5.41) is 9.02. The molecule has 0 unspecified atom stereocenters. The van der Waals surface area contributed by atoms with E-state index in [0.29, 0.717) is 5.92 Å². The van der Waals surface area contributed by atoms with Crippen molar-refractivity contribution in [1.29, 1.82) is 0 Å². The van der Waals surface area contributed by atoms with Gasteiger partial charge in [-0.25, -0.2) is 9.67 Å². The second kappa shape index (κ2) is 5.66. The van der Waals surface area contributed by atoms with Crippen LogP contribution in [-0.2, 0) is 6.54 Å². The molecule has 0 bridgehead atoms. The summed E-state index contributed by atoms with van der Waals surface area (Å²) in [6, 6.07) is 12.4. The van der Waals surface area contributed by atoms with E-state index in [0.717, 1.165) is 34.5 Å². The molecule has 0 aliphatic rings. The molecule has 2 aromatic heterocycles. The number of hydrogen-bond donors (Lipinski definition) is 1. The first kappa shape index (κ1) is 13.8. The third kappa shape index (κ3) is 2.67. The maximum Gasteiger partial charge on any atom is 0.158 e. The molecule has 3 rings (SSSR count). The van der Waals surface area contributed by atoms with Crippen molar-refractivity contribution in [3.8, 4) is 5.82 Å². The highest BCUT2D eigenvalue weighted by atomic mass is 15.3. The molecule has 0 spiro atoms. The molecule has 108 valence electrons. The van der Waals surface area contributed by atoms with Crippen molar-refractivity contribution < 1.29 is 0 Å². The van der Waals surface area contributed by atoms with Gasteiger partial charge < -0.3 is 5.32 Å². The van der Waals surface area contributed by atoms with E-state index >= 15 is 0 Å². The molecular weight excluding hydrogens is 260 g/mol. The molecule has 1 aromatic carbocycles. The Morgan fingerprint density at radius 2 is 2.00 bits per heavy atom. The minimum Gasteiger partial charge on any atom is -0.316 e. The van der Waals surface area contributed by atoms with Crippen LogP contribution in [0.5, 0.6) is 0 Å². The predicted molar refractivity (Wildman–Crippen MR) is 85.7 cm³/mol. The fourth-order valence-corrected chi connectivity index (χ4v) is 2.43. The Balaban J connectivity index is 2.15. The van der Waals surface area contributed by atoms with Crippen molar-refractivity contribution in [2.24, 2.45) is 0 Å². The van der Waals surface area contributed by atoms with Gasteiger partial charge in [0.05, 0.1) is 11.2 Å². The number of para-hydroxylation sites is 1. The average Bonchev–Trinajstić information content (AvgIpc) is 2.97. The van der Waals surface area contributed by atoms with Gasteiger partial charge in [-0.1, -0.05) is 32.0 Å². The summed E-state index contributed by atoms with van der Waals surface area (Å²) in [7, 11) is 1.95. The smallest absolute Gasteiger partial charge is 0.158 e. The van der Waals surface area contributed by atoms with E-state index in [-0.39, 0.29) is 0 Å². The average molecular weight is 280 g/mol. The number of benzene rings is 1. The topological polar surface area (TPSA) is 42.7 Å². The van der Waals surface area contributed by atoms with E-state index in [1.165, 1.54) is 0 Å². The van der Waals surface area contributed by atoms with Crippen LogP contribution in [0.2, 0.25) is 0 Å². The van der Waals surface area contributed by atoms with Crippen molar-refractivity contribution in [3.63, 3.8) is 0 Å². The molecular formula is C17H20N4. The van der Waals surface area contributed by atoms with Crippen molar-refractivity contribution in [1.82, 2.24) is 20.1 Å². The maximum absolute atomic E-state index is 4.80. The fourth-order valence-electron chi connectivity index (χ4n) is 2.43. The summed E-state index contributed by atoms with van der Waals surface area (Å²) in [5.41, 5.74) is 3.23. The number of nitrogens with zero attached hydrogens (tertiary/aromatic N) is 3. The third-order valence-corrected chi connectivity index (χ3v) is 3.57. The van der Waals surface area contributed by atoms with Crippen molar-refractivity contribution in [2.75, 3.05) is 7.05 Å². The highest BCUT2D eigenvalue weighted by Crippen LogP contribution is 2.20. The first-order valence-corrected chi connectivity index (χ1v) is 7.28. The first-order valence-electron chi connectivity index (χ1n) is 7.28. The molecule has 0 saturated heterocycles. The Morgan fingerprint density at radius 1 is 1.19 bits per heavy atom. The van der Waals surface area contributed by atoms with Crippen LogP contribution in [0.3, 0.4) is 0 Å². The standard InChI is InChI=1S/C17H20N4/c1-12(2)15-8-9-21(20-15)17-14(11-18-3)10-13-6-4-5-7-16(13)19-17/h4-10,12,18H,11H2,1-3H3. The number of aromatic nitrogens is 3. The number of fused-ring (bicyclic) bond motifs is 1. The number of rotatable bonds is 4. The second-order valence-corrected chi connectivity index (χ2v) is 5.53. The number of nitrogens with one attached hydrogen (secondary N) is 1. The van der Waals surface area contributed by atoms with Gasteiger partial charge >= 0.3 is 0 Å². The molecule has 0 saturated carbocycles. The molecule has 2 heterocycles. The zero-order valence-corrected chi connectivity index (χ0v) is 12.7. The van der Waals surface area contributed by atoms with Gasteiger partial charge in [-0.15, -0.1) is 0 Å². The molecule has 0 atom stereocenters. The highest BCUT2D eigenvalue weighted by Gasteiger charge is 2.11. The lowest BCUT2D eigenvalue weighted by molar-refractivity contribution is 0.740. The van der Waals surface area contributed by atoms with Gasteiger partial charge in [0, 0.05) is 23.7 Å². The molecule has 1 N–H and O–H groups in total. The zero-order valence-electron chi connectivity index (χ0n) is 12.7. The van der Waals surface area contributed by atoms with Gasteiger partial charge in [0.15, 0.2) is 5.82 Å². The maximum atomic E-state index is 4.80. The summed E-state index contributed by atoms with van der Waals surface area (Å²) in [6.45, 7) is 5.06. The number of pyridine rings is 1. The van der Waals surface area contributed by atoms with Crippen LogP contribution in [0.15, 0.2) is 42.6 Å². The normalized spacial score (nSPS) is 11.4. The minimum atomic E-state index is 0.416. The summed E-state index contributed by atoms with van der Waals surface area (Å²) in [5.74, 6) is 1.31. The monoisotopic (exact) mass is 280 g/mol. The van der Waals surface area contributed by atoms with E-state index in [1.807, 2.05) is 36.1 Å². The molecule has 0 aliphatic carbocycles. The third-order valence-electron chi connectivity index (χ3n) is 3.57. The van der Waals surface area contributed by atoms with Crippen LogP contribution in [0.4, 0.5) is 0 Å². The lowest BCUT2D eigenvalue weighted by Gasteiger charge is -2.10. The van der Waals surface area contributed by atoms with Gasteiger partial charge in [-0.2, -0.15) is 5.10 Å². The number of hydrogen-bond acceptors (Lipinski definition) is 3. The first-order chi connectivity index (χ1) is 10.2. The summed E-state index contributed by atoms with van der Waals surface area (Å²) < 4.78 is 1.88. The Hall–Kier alpha value is -2.20. The van der Waals surface area contributed by atoms with Crippen molar-refractivity contribution in [2.45, 2.75) is 26.3 Å². The summed E-state index contributed by atoms with van der Waals surface area (Å²) in [4.78, 5) is 4.80. The van der Waals surface area contributed by atoms with E-state index in [9.17, 15) is 0 Å². The van der Waals surface area contributed by atoms with Gasteiger partial charge in [-0.3, -0.25) is 0 Å². The highest BCUT2D eigenvalue weighted by molar-refractivity contribution is 5.80. The van der Waals surface area contributed by atoms with Crippen molar-refractivity contribution >= 4 is 10.9 Å². The molecule has 0 fully saturated rings. The molecule has 4 heteroatoms.